The number of piperidine rings is 1. The average molecular weight is 239 g/mol. The maximum atomic E-state index is 12.0. The molecule has 3 nitrogen and oxygen atoms in total. The Kier molecular flexibility index (Phi) is 4.43. The highest BCUT2D eigenvalue weighted by Gasteiger charge is 2.29. The lowest BCUT2D eigenvalue weighted by atomic mass is 9.82. The molecule has 1 saturated heterocycles. The van der Waals surface area contributed by atoms with Crippen molar-refractivity contribution >= 4 is 5.97 Å². The first kappa shape index (κ1) is 12.9. The summed E-state index contributed by atoms with van der Waals surface area (Å²) in [5.74, 6) is 1.36. The van der Waals surface area contributed by atoms with E-state index < -0.39 is 0 Å². The predicted octanol–water partition coefficient (Wildman–Crippen LogP) is 2.50. The fourth-order valence-corrected chi connectivity index (χ4v) is 3.27. The molecule has 3 heteroatoms. The molecule has 3 atom stereocenters. The number of rotatable bonds is 2. The number of nitrogens with one attached hydrogen (secondary N) is 1. The molecule has 1 N–H and O–H groups in total. The van der Waals surface area contributed by atoms with Crippen molar-refractivity contribution in [3.63, 3.8) is 0 Å². The smallest absolute Gasteiger partial charge is 0.323 e. The van der Waals surface area contributed by atoms with Gasteiger partial charge >= 0.3 is 5.97 Å². The molecule has 0 aromatic heterocycles. The molecule has 0 aromatic rings. The van der Waals surface area contributed by atoms with Crippen molar-refractivity contribution in [1.29, 1.82) is 0 Å². The van der Waals surface area contributed by atoms with E-state index in [-0.39, 0.29) is 18.1 Å². The zero-order chi connectivity index (χ0) is 12.3. The van der Waals surface area contributed by atoms with Crippen LogP contribution < -0.4 is 5.32 Å². The summed E-state index contributed by atoms with van der Waals surface area (Å²) in [6.07, 6.45) is 6.79. The highest BCUT2D eigenvalue weighted by Crippen LogP contribution is 2.30. The van der Waals surface area contributed by atoms with Gasteiger partial charge in [-0.15, -0.1) is 0 Å². The lowest BCUT2D eigenvalue weighted by molar-refractivity contribution is -0.155. The fourth-order valence-electron chi connectivity index (χ4n) is 3.27. The summed E-state index contributed by atoms with van der Waals surface area (Å²) in [7, 11) is 0. The van der Waals surface area contributed by atoms with E-state index in [1.807, 2.05) is 0 Å². The van der Waals surface area contributed by atoms with E-state index in [0.29, 0.717) is 11.8 Å². The Hall–Kier alpha value is -0.570. The van der Waals surface area contributed by atoms with Crippen LogP contribution >= 0.6 is 0 Å². The third kappa shape index (κ3) is 3.70. The van der Waals surface area contributed by atoms with Gasteiger partial charge in [0.2, 0.25) is 0 Å². The zero-order valence-corrected chi connectivity index (χ0v) is 11.1. The van der Waals surface area contributed by atoms with Crippen LogP contribution in [-0.4, -0.2) is 24.7 Å². The van der Waals surface area contributed by atoms with Gasteiger partial charge in [-0.05, 0) is 50.5 Å². The van der Waals surface area contributed by atoms with E-state index in [1.165, 1.54) is 12.8 Å². The monoisotopic (exact) mass is 239 g/mol. The Labute approximate surface area is 104 Å². The van der Waals surface area contributed by atoms with Crippen molar-refractivity contribution in [3.8, 4) is 0 Å². The number of hydrogen-bond donors (Lipinski definition) is 1. The summed E-state index contributed by atoms with van der Waals surface area (Å²) in [4.78, 5) is 12.0. The molecule has 1 aliphatic carbocycles. The molecular formula is C14H25NO2. The van der Waals surface area contributed by atoms with Crippen molar-refractivity contribution in [3.05, 3.63) is 0 Å². The third-order valence-corrected chi connectivity index (χ3v) is 4.01. The van der Waals surface area contributed by atoms with Gasteiger partial charge in [-0.1, -0.05) is 20.3 Å². The van der Waals surface area contributed by atoms with Crippen molar-refractivity contribution in [2.75, 3.05) is 6.54 Å². The molecule has 1 aliphatic heterocycles. The molecular weight excluding hydrogens is 214 g/mol. The van der Waals surface area contributed by atoms with Crippen LogP contribution in [0.15, 0.2) is 0 Å². The molecule has 2 unspecified atom stereocenters. The van der Waals surface area contributed by atoms with Gasteiger partial charge in [-0.3, -0.25) is 4.79 Å². The van der Waals surface area contributed by atoms with Gasteiger partial charge in [0.1, 0.15) is 12.1 Å². The normalized spacial score (nSPS) is 38.7. The molecule has 0 bridgehead atoms. The van der Waals surface area contributed by atoms with Crippen LogP contribution in [0.2, 0.25) is 0 Å². The summed E-state index contributed by atoms with van der Waals surface area (Å²) >= 11 is 0. The Morgan fingerprint density at radius 3 is 2.41 bits per heavy atom. The summed E-state index contributed by atoms with van der Waals surface area (Å²) in [5.41, 5.74) is 0. The molecule has 0 spiro atoms. The zero-order valence-electron chi connectivity index (χ0n) is 11.1. The minimum Gasteiger partial charge on any atom is -0.461 e. The number of esters is 1. The van der Waals surface area contributed by atoms with Crippen LogP contribution in [0.4, 0.5) is 0 Å². The molecule has 1 saturated carbocycles. The second-order valence-electron chi connectivity index (χ2n) is 5.98. The van der Waals surface area contributed by atoms with E-state index >= 15 is 0 Å². The second kappa shape index (κ2) is 5.85. The number of carbonyl (C=O) groups excluding carboxylic acids is 1. The first-order valence-corrected chi connectivity index (χ1v) is 7.09. The van der Waals surface area contributed by atoms with Gasteiger partial charge in [0.25, 0.3) is 0 Å². The molecule has 0 radical (unpaired) electrons. The van der Waals surface area contributed by atoms with Crippen LogP contribution in [0, 0.1) is 11.8 Å². The van der Waals surface area contributed by atoms with Crippen LogP contribution in [-0.2, 0) is 9.53 Å². The fraction of sp³-hybridized carbons (Fsp3) is 0.929. The van der Waals surface area contributed by atoms with E-state index in [2.05, 4.69) is 19.2 Å². The number of carbonyl (C=O) groups is 1. The third-order valence-electron chi connectivity index (χ3n) is 4.01. The standard InChI is InChI=1S/C14H25NO2/c1-10-7-11(2)9-12(8-10)17-14(16)13-5-3-4-6-15-13/h10-13,15H,3-9H2,1-2H3/t10?,11?,12?,13-/m1/s1. The van der Waals surface area contributed by atoms with Gasteiger partial charge in [0.15, 0.2) is 0 Å². The van der Waals surface area contributed by atoms with E-state index in [1.54, 1.807) is 0 Å². The minimum absolute atomic E-state index is 0.0176. The van der Waals surface area contributed by atoms with Crippen LogP contribution in [0.1, 0.15) is 52.4 Å². The van der Waals surface area contributed by atoms with Crippen LogP contribution in [0.3, 0.4) is 0 Å². The highest BCUT2D eigenvalue weighted by atomic mass is 16.5. The summed E-state index contributed by atoms with van der Waals surface area (Å²) in [5, 5.41) is 3.26. The first-order valence-electron chi connectivity index (χ1n) is 7.09. The topological polar surface area (TPSA) is 38.3 Å². The van der Waals surface area contributed by atoms with E-state index in [9.17, 15) is 4.79 Å². The Balaban J connectivity index is 1.80. The van der Waals surface area contributed by atoms with Crippen LogP contribution in [0.25, 0.3) is 0 Å². The first-order chi connectivity index (χ1) is 8.15. The lowest BCUT2D eigenvalue weighted by Gasteiger charge is -2.32. The largest absolute Gasteiger partial charge is 0.461 e. The average Bonchev–Trinajstić information content (AvgIpc) is 2.28. The van der Waals surface area contributed by atoms with E-state index in [4.69, 9.17) is 4.74 Å². The number of hydrogen-bond acceptors (Lipinski definition) is 3. The second-order valence-corrected chi connectivity index (χ2v) is 5.98. The SMILES string of the molecule is CC1CC(C)CC(OC(=O)[C@H]2CCCCN2)C1. The molecule has 2 aliphatic rings. The van der Waals surface area contributed by atoms with E-state index in [0.717, 1.165) is 32.2 Å². The summed E-state index contributed by atoms with van der Waals surface area (Å²) in [6, 6.07) is -0.0451. The molecule has 0 amide bonds. The van der Waals surface area contributed by atoms with Crippen molar-refractivity contribution in [2.24, 2.45) is 11.8 Å². The molecule has 1 heterocycles. The molecule has 0 aromatic carbocycles. The summed E-state index contributed by atoms with van der Waals surface area (Å²) in [6.45, 7) is 5.47. The Bertz CT molecular complexity index is 251. The summed E-state index contributed by atoms with van der Waals surface area (Å²) < 4.78 is 5.67. The lowest BCUT2D eigenvalue weighted by Crippen LogP contribution is -2.43. The molecule has 17 heavy (non-hydrogen) atoms. The maximum absolute atomic E-state index is 12.0. The maximum Gasteiger partial charge on any atom is 0.323 e. The van der Waals surface area contributed by atoms with Crippen LogP contribution in [0.5, 0.6) is 0 Å². The van der Waals surface area contributed by atoms with Gasteiger partial charge in [-0.25, -0.2) is 0 Å². The van der Waals surface area contributed by atoms with Crippen molar-refractivity contribution in [2.45, 2.75) is 64.5 Å². The predicted molar refractivity (Wildman–Crippen MR) is 67.7 cm³/mol. The highest BCUT2D eigenvalue weighted by molar-refractivity contribution is 5.76. The number of ether oxygens (including phenoxy) is 1. The van der Waals surface area contributed by atoms with Gasteiger partial charge in [0, 0.05) is 0 Å². The van der Waals surface area contributed by atoms with Gasteiger partial charge in [-0.2, -0.15) is 0 Å². The quantitative estimate of drug-likeness (QED) is 0.752. The van der Waals surface area contributed by atoms with Gasteiger partial charge < -0.3 is 10.1 Å². The van der Waals surface area contributed by atoms with Crippen molar-refractivity contribution < 1.29 is 9.53 Å². The van der Waals surface area contributed by atoms with Gasteiger partial charge in [0.05, 0.1) is 0 Å². The minimum atomic E-state index is -0.0451. The molecule has 2 fully saturated rings. The Morgan fingerprint density at radius 2 is 1.82 bits per heavy atom. The van der Waals surface area contributed by atoms with Crippen molar-refractivity contribution in [1.82, 2.24) is 5.32 Å². The Morgan fingerprint density at radius 1 is 1.12 bits per heavy atom. The molecule has 2 rings (SSSR count). The molecule has 98 valence electrons.